The third kappa shape index (κ3) is 1.49. The van der Waals surface area contributed by atoms with E-state index in [4.69, 9.17) is 5.11 Å². The maximum atomic E-state index is 8.71. The van der Waals surface area contributed by atoms with E-state index < -0.39 is 0 Å². The standard InChI is InChI=1S/C7H12OS/c1-5-3-7(4-8)9-6(5)2/h3,5-6,8H,4H2,1-2H3. The molecule has 0 fully saturated rings. The van der Waals surface area contributed by atoms with Gasteiger partial charge in [-0.25, -0.2) is 0 Å². The van der Waals surface area contributed by atoms with Gasteiger partial charge in [-0.2, -0.15) is 0 Å². The van der Waals surface area contributed by atoms with E-state index in [1.54, 1.807) is 11.8 Å². The summed E-state index contributed by atoms with van der Waals surface area (Å²) in [6, 6.07) is 0. The smallest absolute Gasteiger partial charge is 0.0737 e. The highest BCUT2D eigenvalue weighted by molar-refractivity contribution is 8.03. The van der Waals surface area contributed by atoms with Gasteiger partial charge in [-0.3, -0.25) is 0 Å². The van der Waals surface area contributed by atoms with Gasteiger partial charge >= 0.3 is 0 Å². The van der Waals surface area contributed by atoms with Crippen molar-refractivity contribution in [3.8, 4) is 0 Å². The zero-order valence-electron chi connectivity index (χ0n) is 5.79. The number of rotatable bonds is 1. The van der Waals surface area contributed by atoms with E-state index in [0.717, 1.165) is 4.91 Å². The first-order chi connectivity index (χ1) is 4.24. The van der Waals surface area contributed by atoms with E-state index in [9.17, 15) is 0 Å². The van der Waals surface area contributed by atoms with Gasteiger partial charge in [0.2, 0.25) is 0 Å². The van der Waals surface area contributed by atoms with Crippen LogP contribution in [-0.4, -0.2) is 17.0 Å². The van der Waals surface area contributed by atoms with Gasteiger partial charge < -0.3 is 5.11 Å². The van der Waals surface area contributed by atoms with Gasteiger partial charge in [-0.1, -0.05) is 19.9 Å². The molecule has 0 saturated carbocycles. The molecule has 1 aliphatic rings. The predicted octanol–water partition coefficient (Wildman–Crippen LogP) is 1.63. The van der Waals surface area contributed by atoms with Crippen molar-refractivity contribution in [1.82, 2.24) is 0 Å². The molecule has 1 heterocycles. The van der Waals surface area contributed by atoms with Crippen LogP contribution in [0.1, 0.15) is 13.8 Å². The minimum absolute atomic E-state index is 0.222. The van der Waals surface area contributed by atoms with Gasteiger partial charge in [0.25, 0.3) is 0 Å². The molecule has 1 rings (SSSR count). The molecule has 1 N–H and O–H groups in total. The summed E-state index contributed by atoms with van der Waals surface area (Å²) in [6.45, 7) is 4.59. The van der Waals surface area contributed by atoms with Crippen molar-refractivity contribution in [2.45, 2.75) is 19.1 Å². The van der Waals surface area contributed by atoms with E-state index in [1.165, 1.54) is 0 Å². The Kier molecular flexibility index (Phi) is 2.19. The summed E-state index contributed by atoms with van der Waals surface area (Å²) in [5.41, 5.74) is 0. The van der Waals surface area contributed by atoms with Crippen LogP contribution in [0, 0.1) is 5.92 Å². The van der Waals surface area contributed by atoms with Gasteiger partial charge in [0.05, 0.1) is 6.61 Å². The fourth-order valence-electron chi connectivity index (χ4n) is 0.904. The number of aliphatic hydroxyl groups is 1. The van der Waals surface area contributed by atoms with Crippen LogP contribution in [0.5, 0.6) is 0 Å². The number of thioether (sulfide) groups is 1. The van der Waals surface area contributed by atoms with Crippen LogP contribution in [0.25, 0.3) is 0 Å². The molecule has 52 valence electrons. The highest BCUT2D eigenvalue weighted by atomic mass is 32.2. The number of aliphatic hydroxyl groups excluding tert-OH is 1. The van der Waals surface area contributed by atoms with E-state index in [2.05, 4.69) is 19.9 Å². The van der Waals surface area contributed by atoms with Crippen molar-refractivity contribution in [3.63, 3.8) is 0 Å². The van der Waals surface area contributed by atoms with Gasteiger partial charge in [-0.15, -0.1) is 11.8 Å². The van der Waals surface area contributed by atoms with Gasteiger partial charge in [0.15, 0.2) is 0 Å². The average Bonchev–Trinajstić information content (AvgIpc) is 2.13. The monoisotopic (exact) mass is 144 g/mol. The quantitative estimate of drug-likeness (QED) is 0.603. The third-order valence-electron chi connectivity index (χ3n) is 1.68. The zero-order chi connectivity index (χ0) is 6.85. The lowest BCUT2D eigenvalue weighted by Crippen LogP contribution is -2.00. The lowest BCUT2D eigenvalue weighted by Gasteiger charge is -2.04. The predicted molar refractivity (Wildman–Crippen MR) is 41.4 cm³/mol. The normalized spacial score (nSPS) is 34.8. The molecule has 2 heteroatoms. The second-order valence-electron chi connectivity index (χ2n) is 2.47. The molecule has 9 heavy (non-hydrogen) atoms. The summed E-state index contributed by atoms with van der Waals surface area (Å²) in [7, 11) is 0. The van der Waals surface area contributed by atoms with Crippen LogP contribution < -0.4 is 0 Å². The first-order valence-corrected chi connectivity index (χ1v) is 4.10. The lowest BCUT2D eigenvalue weighted by molar-refractivity contribution is 0.339. The second-order valence-corrected chi connectivity index (χ2v) is 3.98. The zero-order valence-corrected chi connectivity index (χ0v) is 6.61. The average molecular weight is 144 g/mol. The van der Waals surface area contributed by atoms with Crippen molar-refractivity contribution in [1.29, 1.82) is 0 Å². The SMILES string of the molecule is CC1C=C(CO)SC1C. The third-order valence-corrected chi connectivity index (χ3v) is 3.05. The van der Waals surface area contributed by atoms with Gasteiger partial charge in [0, 0.05) is 10.2 Å². The van der Waals surface area contributed by atoms with Crippen LogP contribution in [0.15, 0.2) is 11.0 Å². The molecular weight excluding hydrogens is 132 g/mol. The van der Waals surface area contributed by atoms with E-state index in [-0.39, 0.29) is 6.61 Å². The van der Waals surface area contributed by atoms with Crippen molar-refractivity contribution < 1.29 is 5.11 Å². The topological polar surface area (TPSA) is 20.2 Å². The molecule has 0 radical (unpaired) electrons. The molecule has 2 unspecified atom stereocenters. The van der Waals surface area contributed by atoms with Crippen LogP contribution in [0.4, 0.5) is 0 Å². The summed E-state index contributed by atoms with van der Waals surface area (Å²) in [5, 5.41) is 9.37. The Balaban J connectivity index is 2.52. The largest absolute Gasteiger partial charge is 0.391 e. The molecule has 0 aromatic heterocycles. The summed E-state index contributed by atoms with van der Waals surface area (Å²) in [5.74, 6) is 0.636. The molecule has 0 bridgehead atoms. The Labute approximate surface area is 60.2 Å². The van der Waals surface area contributed by atoms with Crippen molar-refractivity contribution >= 4 is 11.8 Å². The molecule has 0 aromatic rings. The highest BCUT2D eigenvalue weighted by Crippen LogP contribution is 2.35. The van der Waals surface area contributed by atoms with Gasteiger partial charge in [-0.05, 0) is 5.92 Å². The Morgan fingerprint density at radius 1 is 1.67 bits per heavy atom. The maximum absolute atomic E-state index is 8.71. The molecule has 1 nitrogen and oxygen atoms in total. The van der Waals surface area contributed by atoms with Crippen molar-refractivity contribution in [3.05, 3.63) is 11.0 Å². The fraction of sp³-hybridized carbons (Fsp3) is 0.714. The van der Waals surface area contributed by atoms with E-state index in [1.807, 2.05) is 0 Å². The number of allylic oxidation sites excluding steroid dienone is 1. The number of hydrogen-bond acceptors (Lipinski definition) is 2. The summed E-state index contributed by atoms with van der Waals surface area (Å²) < 4.78 is 0. The fourth-order valence-corrected chi connectivity index (χ4v) is 2.04. The minimum Gasteiger partial charge on any atom is -0.391 e. The Hall–Kier alpha value is 0.0500. The van der Waals surface area contributed by atoms with Crippen molar-refractivity contribution in [2.75, 3.05) is 6.61 Å². The number of hydrogen-bond donors (Lipinski definition) is 1. The first-order valence-electron chi connectivity index (χ1n) is 3.22. The van der Waals surface area contributed by atoms with E-state index in [0.29, 0.717) is 11.2 Å². The molecule has 0 spiro atoms. The van der Waals surface area contributed by atoms with E-state index >= 15 is 0 Å². The molecule has 0 saturated heterocycles. The Bertz CT molecular complexity index is 131. The van der Waals surface area contributed by atoms with Crippen LogP contribution in [0.2, 0.25) is 0 Å². The Morgan fingerprint density at radius 2 is 2.33 bits per heavy atom. The summed E-state index contributed by atoms with van der Waals surface area (Å²) >= 11 is 1.78. The minimum atomic E-state index is 0.222. The molecule has 0 amide bonds. The summed E-state index contributed by atoms with van der Waals surface area (Å²) in [6.07, 6.45) is 2.15. The van der Waals surface area contributed by atoms with Crippen LogP contribution in [0.3, 0.4) is 0 Å². The lowest BCUT2D eigenvalue weighted by atomic mass is 10.1. The van der Waals surface area contributed by atoms with Gasteiger partial charge in [0.1, 0.15) is 0 Å². The molecular formula is C7H12OS. The molecule has 0 aromatic carbocycles. The maximum Gasteiger partial charge on any atom is 0.0737 e. The first kappa shape index (κ1) is 7.16. The van der Waals surface area contributed by atoms with Crippen LogP contribution in [-0.2, 0) is 0 Å². The van der Waals surface area contributed by atoms with Crippen molar-refractivity contribution in [2.24, 2.45) is 5.92 Å². The van der Waals surface area contributed by atoms with Crippen LogP contribution >= 0.6 is 11.8 Å². The highest BCUT2D eigenvalue weighted by Gasteiger charge is 2.19. The second kappa shape index (κ2) is 2.76. The molecule has 0 aliphatic carbocycles. The molecule has 2 atom stereocenters. The summed E-state index contributed by atoms with van der Waals surface area (Å²) in [4.78, 5) is 1.13. The Morgan fingerprint density at radius 3 is 2.56 bits per heavy atom. The molecule has 1 aliphatic heterocycles.